The number of benzene rings is 1. The summed E-state index contributed by atoms with van der Waals surface area (Å²) in [5.74, 6) is -0.330. The Morgan fingerprint density at radius 1 is 1.12 bits per heavy atom. The van der Waals surface area contributed by atoms with E-state index in [2.05, 4.69) is 20.5 Å². The van der Waals surface area contributed by atoms with Gasteiger partial charge >= 0.3 is 5.22 Å². The highest BCUT2D eigenvalue weighted by atomic mass is 32.2. The Morgan fingerprint density at radius 2 is 1.81 bits per heavy atom. The van der Waals surface area contributed by atoms with Gasteiger partial charge in [0.05, 0.1) is 0 Å². The van der Waals surface area contributed by atoms with E-state index < -0.39 is 21.1 Å². The highest BCUT2D eigenvalue weighted by Crippen LogP contribution is 2.20. The molecule has 2 heterocycles. The molecule has 0 unspecified atom stereocenters. The molecule has 0 bridgehead atoms. The molecule has 1 aromatic carbocycles. The second-order valence-electron chi connectivity index (χ2n) is 5.63. The molecule has 3 aromatic rings. The van der Waals surface area contributed by atoms with Crippen molar-refractivity contribution in [2.45, 2.75) is 17.7 Å². The Kier molecular flexibility index (Phi) is 5.08. The van der Waals surface area contributed by atoms with Crippen LogP contribution in [-0.4, -0.2) is 35.8 Å². The monoisotopic (exact) mass is 372 g/mol. The lowest BCUT2D eigenvalue weighted by molar-refractivity contribution is 0.0929. The highest BCUT2D eigenvalue weighted by molar-refractivity contribution is 7.90. The second kappa shape index (κ2) is 7.44. The smallest absolute Gasteiger partial charge is 0.335 e. The average Bonchev–Trinajstić information content (AvgIpc) is 3.13. The summed E-state index contributed by atoms with van der Waals surface area (Å²) in [7, 11) is -3.63. The normalized spacial score (nSPS) is 12.5. The fourth-order valence-corrected chi connectivity index (χ4v) is 2.73. The molecule has 0 saturated heterocycles. The molecule has 0 fully saturated rings. The van der Waals surface area contributed by atoms with Crippen LogP contribution in [0, 0.1) is 0 Å². The Hall–Kier alpha value is -3.07. The third kappa shape index (κ3) is 4.31. The number of amides is 1. The van der Waals surface area contributed by atoms with E-state index in [9.17, 15) is 13.2 Å². The number of aromatic nitrogens is 3. The minimum atomic E-state index is -3.63. The van der Waals surface area contributed by atoms with E-state index in [1.165, 1.54) is 12.4 Å². The fourth-order valence-electron chi connectivity index (χ4n) is 2.31. The molecule has 2 aromatic heterocycles. The first-order chi connectivity index (χ1) is 12.4. The predicted octanol–water partition coefficient (Wildman–Crippen LogP) is 1.58. The lowest BCUT2D eigenvalue weighted by Crippen LogP contribution is -2.30. The molecular weight excluding hydrogens is 356 g/mol. The van der Waals surface area contributed by atoms with Gasteiger partial charge in [-0.05, 0) is 17.7 Å². The summed E-state index contributed by atoms with van der Waals surface area (Å²) in [6.07, 6.45) is 4.36. The van der Waals surface area contributed by atoms with Crippen molar-refractivity contribution in [1.82, 2.24) is 20.5 Å². The molecule has 0 saturated carbocycles. The zero-order valence-electron chi connectivity index (χ0n) is 13.9. The van der Waals surface area contributed by atoms with Crippen LogP contribution in [0.5, 0.6) is 0 Å². The molecule has 0 aliphatic heterocycles. The van der Waals surface area contributed by atoms with Crippen molar-refractivity contribution in [1.29, 1.82) is 0 Å². The number of nitrogens with zero attached hydrogens (tertiary/aromatic N) is 3. The summed E-state index contributed by atoms with van der Waals surface area (Å²) in [5, 5.41) is 9.69. The molecule has 0 aliphatic carbocycles. The van der Waals surface area contributed by atoms with Gasteiger partial charge < -0.3 is 9.73 Å². The van der Waals surface area contributed by atoms with Crippen LogP contribution in [-0.2, 0) is 16.3 Å². The Labute approximate surface area is 150 Å². The van der Waals surface area contributed by atoms with Crippen LogP contribution in [0.1, 0.15) is 27.9 Å². The molecule has 1 atom stereocenters. The fraction of sp³-hybridized carbons (Fsp3) is 0.176. The van der Waals surface area contributed by atoms with Gasteiger partial charge in [-0.25, -0.2) is 8.42 Å². The third-order valence-electron chi connectivity index (χ3n) is 3.57. The number of carbonyl (C=O) groups excluding carboxylic acids is 1. The number of hydrogen-bond acceptors (Lipinski definition) is 7. The Bertz CT molecular complexity index is 988. The van der Waals surface area contributed by atoms with Gasteiger partial charge in [-0.15, -0.1) is 5.10 Å². The van der Waals surface area contributed by atoms with Crippen LogP contribution in [0.3, 0.4) is 0 Å². The van der Waals surface area contributed by atoms with Crippen molar-refractivity contribution in [2.75, 3.05) is 6.26 Å². The molecule has 3 rings (SSSR count). The van der Waals surface area contributed by atoms with E-state index in [-0.39, 0.29) is 11.8 Å². The summed E-state index contributed by atoms with van der Waals surface area (Å²) in [5.41, 5.74) is 1.34. The number of nitrogens with one attached hydrogen (secondary N) is 1. The van der Waals surface area contributed by atoms with Crippen LogP contribution in [0.25, 0.3) is 0 Å². The third-order valence-corrected chi connectivity index (χ3v) is 4.37. The summed E-state index contributed by atoms with van der Waals surface area (Å²) >= 11 is 0. The van der Waals surface area contributed by atoms with Crippen molar-refractivity contribution in [3.8, 4) is 0 Å². The van der Waals surface area contributed by atoms with Crippen molar-refractivity contribution in [2.24, 2.45) is 0 Å². The number of rotatable bonds is 6. The molecule has 0 aliphatic rings. The zero-order chi connectivity index (χ0) is 18.6. The SMILES string of the molecule is CS(=O)(=O)c1nnc([C@H](Cc2ccccc2)NC(=O)c2ccncc2)o1. The second-order valence-corrected chi connectivity index (χ2v) is 7.52. The van der Waals surface area contributed by atoms with Crippen LogP contribution in [0.4, 0.5) is 0 Å². The maximum absolute atomic E-state index is 12.5. The maximum atomic E-state index is 12.5. The largest absolute Gasteiger partial charge is 0.410 e. The average molecular weight is 372 g/mol. The van der Waals surface area contributed by atoms with E-state index in [0.29, 0.717) is 12.0 Å². The van der Waals surface area contributed by atoms with Crippen LogP contribution in [0.2, 0.25) is 0 Å². The lowest BCUT2D eigenvalue weighted by Gasteiger charge is -2.15. The number of carbonyl (C=O) groups is 1. The molecule has 8 nitrogen and oxygen atoms in total. The Balaban J connectivity index is 1.89. The highest BCUT2D eigenvalue weighted by Gasteiger charge is 2.25. The van der Waals surface area contributed by atoms with Crippen LogP contribution in [0.15, 0.2) is 64.5 Å². The molecule has 0 spiro atoms. The molecule has 134 valence electrons. The summed E-state index contributed by atoms with van der Waals surface area (Å²) in [4.78, 5) is 16.4. The molecule has 26 heavy (non-hydrogen) atoms. The van der Waals surface area contributed by atoms with E-state index in [4.69, 9.17) is 4.42 Å². The van der Waals surface area contributed by atoms with Gasteiger partial charge in [0.15, 0.2) is 0 Å². The van der Waals surface area contributed by atoms with Gasteiger partial charge in [0.25, 0.3) is 5.91 Å². The molecule has 1 N–H and O–H groups in total. The molecule has 0 radical (unpaired) electrons. The summed E-state index contributed by atoms with van der Waals surface area (Å²) < 4.78 is 28.4. The van der Waals surface area contributed by atoms with Crippen molar-refractivity contribution in [3.63, 3.8) is 0 Å². The topological polar surface area (TPSA) is 115 Å². The number of pyridine rings is 1. The molecular formula is C17H16N4O4S. The van der Waals surface area contributed by atoms with Crippen molar-refractivity contribution >= 4 is 15.7 Å². The van der Waals surface area contributed by atoms with Gasteiger partial charge in [0.1, 0.15) is 6.04 Å². The first-order valence-electron chi connectivity index (χ1n) is 7.72. The summed E-state index contributed by atoms with van der Waals surface area (Å²) in [6.45, 7) is 0. The van der Waals surface area contributed by atoms with E-state index >= 15 is 0 Å². The predicted molar refractivity (Wildman–Crippen MR) is 92.0 cm³/mol. The van der Waals surface area contributed by atoms with Gasteiger partial charge in [-0.1, -0.05) is 35.4 Å². The first-order valence-corrected chi connectivity index (χ1v) is 9.61. The van der Waals surface area contributed by atoms with Gasteiger partial charge in [0.2, 0.25) is 15.7 Å². The molecule has 9 heteroatoms. The van der Waals surface area contributed by atoms with E-state index in [0.717, 1.165) is 11.8 Å². The minimum absolute atomic E-state index is 0.0247. The molecule has 1 amide bonds. The number of hydrogen-bond donors (Lipinski definition) is 1. The maximum Gasteiger partial charge on any atom is 0.335 e. The van der Waals surface area contributed by atoms with Crippen LogP contribution < -0.4 is 5.32 Å². The van der Waals surface area contributed by atoms with Crippen molar-refractivity contribution < 1.29 is 17.6 Å². The minimum Gasteiger partial charge on any atom is -0.410 e. The van der Waals surface area contributed by atoms with Gasteiger partial charge in [-0.2, -0.15) is 0 Å². The van der Waals surface area contributed by atoms with Gasteiger partial charge in [-0.3, -0.25) is 9.78 Å². The zero-order valence-corrected chi connectivity index (χ0v) is 14.7. The van der Waals surface area contributed by atoms with Crippen LogP contribution >= 0.6 is 0 Å². The lowest BCUT2D eigenvalue weighted by atomic mass is 10.1. The summed E-state index contributed by atoms with van der Waals surface area (Å²) in [6, 6.07) is 11.9. The van der Waals surface area contributed by atoms with Gasteiger partial charge in [0, 0.05) is 30.6 Å². The quantitative estimate of drug-likeness (QED) is 0.698. The van der Waals surface area contributed by atoms with E-state index in [1.807, 2.05) is 30.3 Å². The number of sulfone groups is 1. The Morgan fingerprint density at radius 3 is 2.42 bits per heavy atom. The van der Waals surface area contributed by atoms with E-state index in [1.54, 1.807) is 12.1 Å². The van der Waals surface area contributed by atoms with Crippen molar-refractivity contribution in [3.05, 3.63) is 71.9 Å². The first kappa shape index (κ1) is 17.7. The standard InChI is InChI=1S/C17H16N4O4S/c1-26(23,24)17-21-20-16(25-17)14(11-12-5-3-2-4-6-12)19-15(22)13-7-9-18-10-8-13/h2-10,14H,11H2,1H3,(H,19,22)/t14-/m0/s1.